The average molecular weight is 427 g/mol. The first-order valence-electron chi connectivity index (χ1n) is 9.21. The number of likely N-dealkylation sites (N-methyl/N-ethyl adjacent to an activating group) is 1. The van der Waals surface area contributed by atoms with Gasteiger partial charge in [-0.05, 0) is 32.2 Å². The van der Waals surface area contributed by atoms with Crippen molar-refractivity contribution in [2.75, 3.05) is 50.5 Å². The first-order chi connectivity index (χ1) is 13.6. The monoisotopic (exact) mass is 427 g/mol. The van der Waals surface area contributed by atoms with Gasteiger partial charge in [-0.1, -0.05) is 0 Å². The van der Waals surface area contributed by atoms with Crippen LogP contribution in [0.3, 0.4) is 0 Å². The van der Waals surface area contributed by atoms with E-state index in [-0.39, 0.29) is 5.69 Å². The molecular weight excluding hydrogens is 403 g/mol. The number of carbonyl (C=O) groups is 1. The normalized spacial score (nSPS) is 15.4. The van der Waals surface area contributed by atoms with Crippen molar-refractivity contribution in [2.45, 2.75) is 19.6 Å². The van der Waals surface area contributed by atoms with Crippen LogP contribution in [0.4, 0.5) is 29.3 Å². The predicted molar refractivity (Wildman–Crippen MR) is 108 cm³/mol. The summed E-state index contributed by atoms with van der Waals surface area (Å²) in [7, 11) is 3.61. The molecule has 1 N–H and O–H groups in total. The maximum Gasteiger partial charge on any atom is 0.416 e. The molecule has 1 fully saturated rings. The SMILES string of the molecule is Cc1ncc(CN(C)C(=O)Nc2cc(C(F)(F)F)ccc2N2CCN(C)CC2)s1. The van der Waals surface area contributed by atoms with Gasteiger partial charge in [0.1, 0.15) is 0 Å². The van der Waals surface area contributed by atoms with E-state index in [4.69, 9.17) is 0 Å². The Kier molecular flexibility index (Phi) is 6.33. The van der Waals surface area contributed by atoms with Gasteiger partial charge in [0.05, 0.1) is 28.5 Å². The van der Waals surface area contributed by atoms with Gasteiger partial charge < -0.3 is 20.0 Å². The minimum absolute atomic E-state index is 0.168. The number of benzene rings is 1. The Morgan fingerprint density at radius 2 is 1.97 bits per heavy atom. The number of thiazole rings is 1. The maximum atomic E-state index is 13.2. The van der Waals surface area contributed by atoms with Gasteiger partial charge in [0.2, 0.25) is 0 Å². The van der Waals surface area contributed by atoms with E-state index >= 15 is 0 Å². The van der Waals surface area contributed by atoms with Crippen molar-refractivity contribution in [3.05, 3.63) is 39.8 Å². The van der Waals surface area contributed by atoms with Gasteiger partial charge in [0.15, 0.2) is 0 Å². The molecule has 2 heterocycles. The van der Waals surface area contributed by atoms with Crippen molar-refractivity contribution in [3.8, 4) is 0 Å². The largest absolute Gasteiger partial charge is 0.416 e. The quantitative estimate of drug-likeness (QED) is 0.805. The lowest BCUT2D eigenvalue weighted by molar-refractivity contribution is -0.137. The molecule has 0 unspecified atom stereocenters. The lowest BCUT2D eigenvalue weighted by Crippen LogP contribution is -2.45. The van der Waals surface area contributed by atoms with E-state index in [1.165, 1.54) is 22.3 Å². The van der Waals surface area contributed by atoms with Crippen molar-refractivity contribution in [1.82, 2.24) is 14.8 Å². The van der Waals surface area contributed by atoms with E-state index in [2.05, 4.69) is 15.2 Å². The minimum Gasteiger partial charge on any atom is -0.367 e. The maximum absolute atomic E-state index is 13.2. The van der Waals surface area contributed by atoms with Crippen LogP contribution in [0.15, 0.2) is 24.4 Å². The zero-order valence-electron chi connectivity index (χ0n) is 16.6. The first-order valence-corrected chi connectivity index (χ1v) is 10.0. The summed E-state index contributed by atoms with van der Waals surface area (Å²) >= 11 is 1.48. The second-order valence-corrected chi connectivity index (χ2v) is 8.47. The molecular formula is C19H24F3N5OS. The molecule has 10 heteroatoms. The molecule has 0 atom stereocenters. The molecule has 1 aromatic carbocycles. The molecule has 6 nitrogen and oxygen atoms in total. The summed E-state index contributed by atoms with van der Waals surface area (Å²) in [5.74, 6) is 0. The summed E-state index contributed by atoms with van der Waals surface area (Å²) in [5.41, 5.74) is -0.0189. The van der Waals surface area contributed by atoms with E-state index in [0.717, 1.165) is 35.1 Å². The van der Waals surface area contributed by atoms with Crippen LogP contribution in [-0.2, 0) is 12.7 Å². The molecule has 29 heavy (non-hydrogen) atoms. The zero-order valence-corrected chi connectivity index (χ0v) is 17.4. The molecule has 0 bridgehead atoms. The summed E-state index contributed by atoms with van der Waals surface area (Å²) in [6.07, 6.45) is -2.78. The highest BCUT2D eigenvalue weighted by Gasteiger charge is 2.32. The third-order valence-electron chi connectivity index (χ3n) is 4.82. The lowest BCUT2D eigenvalue weighted by Gasteiger charge is -2.35. The summed E-state index contributed by atoms with van der Waals surface area (Å²) < 4.78 is 39.7. The molecule has 0 radical (unpaired) electrons. The Labute approximate surface area is 171 Å². The van der Waals surface area contributed by atoms with Gasteiger partial charge >= 0.3 is 12.2 Å². The summed E-state index contributed by atoms with van der Waals surface area (Å²) in [6, 6.07) is 3.05. The van der Waals surface area contributed by atoms with Gasteiger partial charge in [-0.2, -0.15) is 13.2 Å². The number of piperazine rings is 1. The third-order valence-corrected chi connectivity index (χ3v) is 5.72. The summed E-state index contributed by atoms with van der Waals surface area (Å²) in [4.78, 5) is 23.3. The average Bonchev–Trinajstić information content (AvgIpc) is 3.06. The smallest absolute Gasteiger partial charge is 0.367 e. The van der Waals surface area contributed by atoms with Crippen molar-refractivity contribution in [2.24, 2.45) is 0 Å². The molecule has 1 aromatic heterocycles. The van der Waals surface area contributed by atoms with E-state index in [9.17, 15) is 18.0 Å². The highest BCUT2D eigenvalue weighted by molar-refractivity contribution is 7.11. The van der Waals surface area contributed by atoms with E-state index < -0.39 is 17.8 Å². The Bertz CT molecular complexity index is 862. The van der Waals surface area contributed by atoms with Gasteiger partial charge in [-0.3, -0.25) is 0 Å². The molecule has 2 aromatic rings. The van der Waals surface area contributed by atoms with Gasteiger partial charge in [-0.15, -0.1) is 11.3 Å². The number of carbonyl (C=O) groups excluding carboxylic acids is 1. The second-order valence-electron chi connectivity index (χ2n) is 7.15. The molecule has 2 amide bonds. The van der Waals surface area contributed by atoms with Crippen molar-refractivity contribution in [3.63, 3.8) is 0 Å². The highest BCUT2D eigenvalue weighted by atomic mass is 32.1. The molecule has 0 aliphatic carbocycles. The van der Waals surface area contributed by atoms with Crippen LogP contribution in [0.5, 0.6) is 0 Å². The van der Waals surface area contributed by atoms with Crippen LogP contribution in [0.25, 0.3) is 0 Å². The Hall–Kier alpha value is -2.33. The van der Waals surface area contributed by atoms with Gasteiger partial charge in [0, 0.05) is 44.3 Å². The van der Waals surface area contributed by atoms with Crippen LogP contribution in [0, 0.1) is 6.92 Å². The molecule has 0 spiro atoms. The number of aryl methyl sites for hydroxylation is 1. The number of hydrogen-bond donors (Lipinski definition) is 1. The predicted octanol–water partition coefficient (Wildman–Crippen LogP) is 3.89. The van der Waals surface area contributed by atoms with Gasteiger partial charge in [0.25, 0.3) is 0 Å². The van der Waals surface area contributed by atoms with Crippen molar-refractivity contribution in [1.29, 1.82) is 0 Å². The molecule has 3 rings (SSSR count). The number of aromatic nitrogens is 1. The van der Waals surface area contributed by atoms with Crippen LogP contribution in [0.2, 0.25) is 0 Å². The third kappa shape index (κ3) is 5.39. The van der Waals surface area contributed by atoms with E-state index in [0.29, 0.717) is 25.3 Å². The number of hydrogen-bond acceptors (Lipinski definition) is 5. The fraction of sp³-hybridized carbons (Fsp3) is 0.474. The minimum atomic E-state index is -4.48. The number of amides is 2. The van der Waals surface area contributed by atoms with Crippen molar-refractivity contribution >= 4 is 28.7 Å². The van der Waals surface area contributed by atoms with E-state index in [1.54, 1.807) is 13.2 Å². The molecule has 1 saturated heterocycles. The van der Waals surface area contributed by atoms with E-state index in [1.807, 2.05) is 18.9 Å². The first kappa shape index (κ1) is 21.4. The Balaban J connectivity index is 1.81. The van der Waals surface area contributed by atoms with Crippen LogP contribution < -0.4 is 10.2 Å². The number of nitrogens with zero attached hydrogens (tertiary/aromatic N) is 4. The van der Waals surface area contributed by atoms with Gasteiger partial charge in [-0.25, -0.2) is 9.78 Å². The Morgan fingerprint density at radius 1 is 1.28 bits per heavy atom. The fourth-order valence-electron chi connectivity index (χ4n) is 3.13. The summed E-state index contributed by atoms with van der Waals surface area (Å²) in [6.45, 7) is 5.18. The summed E-state index contributed by atoms with van der Waals surface area (Å²) in [5, 5.41) is 3.57. The molecule has 0 saturated carbocycles. The lowest BCUT2D eigenvalue weighted by atomic mass is 10.1. The van der Waals surface area contributed by atoms with Crippen LogP contribution in [-0.4, -0.2) is 61.1 Å². The molecule has 158 valence electrons. The zero-order chi connectivity index (χ0) is 21.2. The number of halogens is 3. The second kappa shape index (κ2) is 8.58. The molecule has 1 aliphatic heterocycles. The number of rotatable bonds is 4. The highest BCUT2D eigenvalue weighted by Crippen LogP contribution is 2.36. The standard InChI is InChI=1S/C19H24F3N5OS/c1-13-23-11-15(29-13)12-26(3)18(28)24-16-10-14(19(20,21)22)4-5-17(16)27-8-6-25(2)7-9-27/h4-5,10-11H,6-9,12H2,1-3H3,(H,24,28). The number of urea groups is 1. The number of alkyl halides is 3. The van der Waals surface area contributed by atoms with Crippen molar-refractivity contribution < 1.29 is 18.0 Å². The van der Waals surface area contributed by atoms with Crippen LogP contribution in [0.1, 0.15) is 15.4 Å². The topological polar surface area (TPSA) is 51.7 Å². The Morgan fingerprint density at radius 3 is 2.55 bits per heavy atom. The fourth-order valence-corrected chi connectivity index (χ4v) is 3.98. The van der Waals surface area contributed by atoms with Crippen LogP contribution >= 0.6 is 11.3 Å². The number of nitrogens with one attached hydrogen (secondary N) is 1. The molecule has 1 aliphatic rings. The number of anilines is 2.